The molecular weight excluding hydrogens is 213 g/mol. The van der Waals surface area contributed by atoms with E-state index in [-0.39, 0.29) is 0 Å². The topological polar surface area (TPSA) is 12.0 Å². The van der Waals surface area contributed by atoms with Crippen LogP contribution in [0.3, 0.4) is 0 Å². The molecule has 0 spiro atoms. The normalized spacial score (nSPS) is 16.2. The summed E-state index contributed by atoms with van der Waals surface area (Å²) in [6.45, 7) is 7.73. The molecule has 1 aliphatic heterocycles. The number of unbranched alkanes of at least 4 members (excludes halogenated alkanes) is 1. The average Bonchev–Trinajstić information content (AvgIpc) is 2.37. The number of halogens is 1. The van der Waals surface area contributed by atoms with Crippen LogP contribution in [0.1, 0.15) is 52.4 Å². The molecule has 2 heteroatoms. The Balaban J connectivity index is 2.83. The second kappa shape index (κ2) is 7.31. The fourth-order valence-corrected chi connectivity index (χ4v) is 2.24. The van der Waals surface area contributed by atoms with E-state index in [1.807, 2.05) is 0 Å². The number of hydrogen-bond acceptors (Lipinski definition) is 1. The minimum atomic E-state index is -0.420. The van der Waals surface area contributed by atoms with Crippen LogP contribution in [-0.4, -0.2) is 6.67 Å². The third-order valence-corrected chi connectivity index (χ3v) is 3.23. The zero-order valence-corrected chi connectivity index (χ0v) is 11.1. The van der Waals surface area contributed by atoms with Crippen molar-refractivity contribution in [1.82, 2.24) is 5.32 Å². The fraction of sp³-hybridized carbons (Fsp3) is 0.600. The van der Waals surface area contributed by atoms with Crippen LogP contribution in [0.15, 0.2) is 35.2 Å². The van der Waals surface area contributed by atoms with Gasteiger partial charge in [0.25, 0.3) is 0 Å². The van der Waals surface area contributed by atoms with Gasteiger partial charge in [-0.15, -0.1) is 0 Å². The monoisotopic (exact) mass is 237 g/mol. The maximum Gasteiger partial charge on any atom is 0.129 e. The van der Waals surface area contributed by atoms with Crippen molar-refractivity contribution in [3.63, 3.8) is 0 Å². The molecule has 0 saturated carbocycles. The van der Waals surface area contributed by atoms with Gasteiger partial charge in [-0.05, 0) is 36.8 Å². The minimum absolute atomic E-state index is 0.420. The molecule has 0 bridgehead atoms. The molecule has 0 saturated heterocycles. The smallest absolute Gasteiger partial charge is 0.129 e. The van der Waals surface area contributed by atoms with Gasteiger partial charge in [0.05, 0.1) is 5.70 Å². The average molecular weight is 237 g/mol. The van der Waals surface area contributed by atoms with E-state index in [0.717, 1.165) is 31.3 Å². The van der Waals surface area contributed by atoms with Gasteiger partial charge in [0.1, 0.15) is 6.67 Å². The van der Waals surface area contributed by atoms with Crippen LogP contribution in [0.2, 0.25) is 0 Å². The highest BCUT2D eigenvalue weighted by Crippen LogP contribution is 2.29. The molecule has 96 valence electrons. The molecule has 1 nitrogen and oxygen atoms in total. The molecule has 0 aliphatic carbocycles. The zero-order chi connectivity index (χ0) is 12.7. The van der Waals surface area contributed by atoms with Crippen molar-refractivity contribution < 1.29 is 4.39 Å². The summed E-state index contributed by atoms with van der Waals surface area (Å²) in [5.74, 6) is 0. The molecule has 0 unspecified atom stereocenters. The van der Waals surface area contributed by atoms with Crippen LogP contribution in [0.5, 0.6) is 0 Å². The highest BCUT2D eigenvalue weighted by atomic mass is 19.1. The lowest BCUT2D eigenvalue weighted by atomic mass is 9.92. The summed E-state index contributed by atoms with van der Waals surface area (Å²) in [5, 5.41) is 3.29. The van der Waals surface area contributed by atoms with Gasteiger partial charge in [0.15, 0.2) is 0 Å². The summed E-state index contributed by atoms with van der Waals surface area (Å²) < 4.78 is 12.9. The van der Waals surface area contributed by atoms with Crippen molar-refractivity contribution in [2.45, 2.75) is 52.4 Å². The lowest BCUT2D eigenvalue weighted by Gasteiger charge is -2.25. The largest absolute Gasteiger partial charge is 0.360 e. The van der Waals surface area contributed by atoms with E-state index >= 15 is 0 Å². The Morgan fingerprint density at radius 1 is 1.24 bits per heavy atom. The molecule has 0 amide bonds. The maximum absolute atomic E-state index is 12.9. The first-order chi connectivity index (χ1) is 8.26. The number of rotatable bonds is 7. The summed E-state index contributed by atoms with van der Waals surface area (Å²) in [4.78, 5) is 0. The summed E-state index contributed by atoms with van der Waals surface area (Å²) in [7, 11) is 0. The first kappa shape index (κ1) is 14.0. The van der Waals surface area contributed by atoms with Crippen molar-refractivity contribution >= 4 is 0 Å². The lowest BCUT2D eigenvalue weighted by Crippen LogP contribution is -2.22. The zero-order valence-electron chi connectivity index (χ0n) is 11.1. The second-order valence-corrected chi connectivity index (χ2v) is 4.58. The molecule has 0 fully saturated rings. The third-order valence-electron chi connectivity index (χ3n) is 3.23. The van der Waals surface area contributed by atoms with E-state index in [4.69, 9.17) is 0 Å². The van der Waals surface area contributed by atoms with E-state index in [0.29, 0.717) is 5.70 Å². The standard InChI is InChI=1S/C15H24FN/c1-4-7-9-14-13(8-5-2)10-12(6-3)15(11-16)17-14/h6,17H,3-5,7-11H2,1-2H3. The van der Waals surface area contributed by atoms with Crippen LogP contribution in [-0.2, 0) is 0 Å². The first-order valence-electron chi connectivity index (χ1n) is 6.65. The summed E-state index contributed by atoms with van der Waals surface area (Å²) in [5.41, 5.74) is 4.43. The van der Waals surface area contributed by atoms with Gasteiger partial charge in [0.2, 0.25) is 0 Å². The number of alkyl halides is 1. The molecule has 1 rings (SSSR count). The van der Waals surface area contributed by atoms with Gasteiger partial charge in [-0.1, -0.05) is 39.3 Å². The Morgan fingerprint density at radius 2 is 2.00 bits per heavy atom. The van der Waals surface area contributed by atoms with Crippen molar-refractivity contribution in [2.75, 3.05) is 6.67 Å². The number of dihydropyridines is 1. The van der Waals surface area contributed by atoms with Gasteiger partial charge in [-0.2, -0.15) is 0 Å². The second-order valence-electron chi connectivity index (χ2n) is 4.58. The molecule has 0 aromatic carbocycles. The van der Waals surface area contributed by atoms with Crippen molar-refractivity contribution in [1.29, 1.82) is 0 Å². The van der Waals surface area contributed by atoms with Gasteiger partial charge < -0.3 is 5.32 Å². The maximum atomic E-state index is 12.9. The van der Waals surface area contributed by atoms with Crippen LogP contribution in [0.4, 0.5) is 4.39 Å². The Labute approximate surface area is 104 Å². The molecule has 0 aromatic heterocycles. The number of hydrogen-bond donors (Lipinski definition) is 1. The minimum Gasteiger partial charge on any atom is -0.360 e. The van der Waals surface area contributed by atoms with Crippen LogP contribution in [0, 0.1) is 0 Å². The lowest BCUT2D eigenvalue weighted by molar-refractivity contribution is 0.514. The van der Waals surface area contributed by atoms with E-state index in [2.05, 4.69) is 25.7 Å². The van der Waals surface area contributed by atoms with Gasteiger partial charge in [0, 0.05) is 5.70 Å². The molecule has 1 aliphatic rings. The van der Waals surface area contributed by atoms with Gasteiger partial charge in [-0.25, -0.2) is 4.39 Å². The molecule has 0 aromatic rings. The van der Waals surface area contributed by atoms with Gasteiger partial charge >= 0.3 is 0 Å². The van der Waals surface area contributed by atoms with E-state index in [9.17, 15) is 4.39 Å². The third kappa shape index (κ3) is 3.72. The molecule has 0 atom stereocenters. The number of nitrogens with one attached hydrogen (secondary N) is 1. The van der Waals surface area contributed by atoms with Gasteiger partial charge in [-0.3, -0.25) is 0 Å². The van der Waals surface area contributed by atoms with Crippen LogP contribution < -0.4 is 5.32 Å². The van der Waals surface area contributed by atoms with Crippen molar-refractivity contribution in [3.05, 3.63) is 35.2 Å². The Kier molecular flexibility index (Phi) is 6.03. The predicted molar refractivity (Wildman–Crippen MR) is 72.4 cm³/mol. The molecule has 1 N–H and O–H groups in total. The SMILES string of the molecule is C=CC1=C(CF)NC(CCCC)=C(CCC)C1. The summed E-state index contributed by atoms with van der Waals surface area (Å²) in [6.07, 6.45) is 8.29. The number of allylic oxidation sites excluding steroid dienone is 5. The first-order valence-corrected chi connectivity index (χ1v) is 6.65. The van der Waals surface area contributed by atoms with E-state index in [1.54, 1.807) is 6.08 Å². The molecular formula is C15H24FN. The Morgan fingerprint density at radius 3 is 2.53 bits per heavy atom. The quantitative estimate of drug-likeness (QED) is 0.680. The fourth-order valence-electron chi connectivity index (χ4n) is 2.24. The predicted octanol–water partition coefficient (Wildman–Crippen LogP) is 4.63. The molecule has 1 heterocycles. The van der Waals surface area contributed by atoms with Crippen molar-refractivity contribution in [3.8, 4) is 0 Å². The van der Waals surface area contributed by atoms with E-state index < -0.39 is 6.67 Å². The van der Waals surface area contributed by atoms with Crippen LogP contribution >= 0.6 is 0 Å². The van der Waals surface area contributed by atoms with Crippen LogP contribution in [0.25, 0.3) is 0 Å². The molecule has 17 heavy (non-hydrogen) atoms. The highest BCUT2D eigenvalue weighted by molar-refractivity contribution is 5.37. The Bertz CT molecular complexity index is 326. The Hall–Kier alpha value is -1.05. The van der Waals surface area contributed by atoms with E-state index in [1.165, 1.54) is 24.1 Å². The highest BCUT2D eigenvalue weighted by Gasteiger charge is 2.17. The molecule has 0 radical (unpaired) electrons. The summed E-state index contributed by atoms with van der Waals surface area (Å²) in [6, 6.07) is 0. The van der Waals surface area contributed by atoms with Crippen molar-refractivity contribution in [2.24, 2.45) is 0 Å². The summed E-state index contributed by atoms with van der Waals surface area (Å²) >= 11 is 0.